The van der Waals surface area contributed by atoms with E-state index in [0.717, 1.165) is 13.2 Å². The van der Waals surface area contributed by atoms with Gasteiger partial charge in [-0.15, -0.1) is 0 Å². The molecule has 0 atom stereocenters. The van der Waals surface area contributed by atoms with Crippen molar-refractivity contribution in [2.24, 2.45) is 0 Å². The standard InChI is InChI=1S/C9H20NO.C8H16O5/c1-3-4-5-10(2)6-8-11-9-7-10;1-11-4-5-13-7-6-12-3-2-8(9)10/h3-9H2,1-2H3;2-7H2,1H3,(H,9,10)/q+1;/p-1. The summed E-state index contributed by atoms with van der Waals surface area (Å²) in [6.07, 6.45) is 2.60. The molecular weight excluding hydrogens is 314 g/mol. The summed E-state index contributed by atoms with van der Waals surface area (Å²) in [4.78, 5) is 9.93. The Kier molecular flexibility index (Phi) is 15.3. The predicted molar refractivity (Wildman–Crippen MR) is 89.7 cm³/mol. The second-order valence-electron chi connectivity index (χ2n) is 6.10. The van der Waals surface area contributed by atoms with E-state index in [1.54, 1.807) is 7.11 Å². The number of likely N-dealkylation sites (N-methyl/N-ethyl adjacent to an activating group) is 1. The van der Waals surface area contributed by atoms with Crippen LogP contribution in [0.4, 0.5) is 0 Å². The number of morpholine rings is 1. The van der Waals surface area contributed by atoms with Crippen LogP contribution >= 0.6 is 0 Å². The maximum absolute atomic E-state index is 9.93. The second-order valence-corrected chi connectivity index (χ2v) is 6.10. The number of carboxylic acid groups (broad SMARTS) is 1. The van der Waals surface area contributed by atoms with Gasteiger partial charge < -0.3 is 33.3 Å². The Hall–Kier alpha value is -0.730. The number of carboxylic acids is 1. The van der Waals surface area contributed by atoms with Crippen LogP contribution in [0.25, 0.3) is 0 Å². The topological polar surface area (TPSA) is 77.0 Å². The highest BCUT2D eigenvalue weighted by atomic mass is 16.5. The van der Waals surface area contributed by atoms with Crippen molar-refractivity contribution in [3.05, 3.63) is 0 Å². The molecule has 0 aliphatic carbocycles. The fraction of sp³-hybridized carbons (Fsp3) is 0.941. The van der Waals surface area contributed by atoms with E-state index in [2.05, 4.69) is 14.0 Å². The highest BCUT2D eigenvalue weighted by molar-refractivity contribution is 5.64. The lowest BCUT2D eigenvalue weighted by Crippen LogP contribution is -2.52. The van der Waals surface area contributed by atoms with Gasteiger partial charge in [-0.25, -0.2) is 0 Å². The molecule has 0 radical (unpaired) electrons. The molecule has 0 saturated carbocycles. The maximum atomic E-state index is 9.93. The van der Waals surface area contributed by atoms with Gasteiger partial charge in [0.15, 0.2) is 0 Å². The molecule has 0 aromatic rings. The van der Waals surface area contributed by atoms with Crippen LogP contribution in [0.3, 0.4) is 0 Å². The van der Waals surface area contributed by atoms with Crippen molar-refractivity contribution < 1.29 is 33.3 Å². The minimum atomic E-state index is -1.10. The Morgan fingerprint density at radius 1 is 1.08 bits per heavy atom. The van der Waals surface area contributed by atoms with Crippen molar-refractivity contribution in [3.8, 4) is 0 Å². The van der Waals surface area contributed by atoms with Crippen LogP contribution in [0.15, 0.2) is 0 Å². The molecule has 1 aliphatic rings. The molecule has 1 heterocycles. The van der Waals surface area contributed by atoms with Crippen molar-refractivity contribution in [3.63, 3.8) is 0 Å². The number of methoxy groups -OCH3 is 1. The van der Waals surface area contributed by atoms with Crippen LogP contribution in [0.5, 0.6) is 0 Å². The summed E-state index contributed by atoms with van der Waals surface area (Å²) in [5.41, 5.74) is 0. The molecule has 0 unspecified atom stereocenters. The summed E-state index contributed by atoms with van der Waals surface area (Å²) in [7, 11) is 3.94. The van der Waals surface area contributed by atoms with Crippen LogP contribution in [-0.2, 0) is 23.7 Å². The highest BCUT2D eigenvalue weighted by Gasteiger charge is 2.23. The molecule has 1 rings (SSSR count). The normalized spacial score (nSPS) is 16.3. The van der Waals surface area contributed by atoms with Gasteiger partial charge in [0, 0.05) is 19.5 Å². The summed E-state index contributed by atoms with van der Waals surface area (Å²) in [5, 5.41) is 9.93. The van der Waals surface area contributed by atoms with Gasteiger partial charge >= 0.3 is 0 Å². The van der Waals surface area contributed by atoms with E-state index >= 15 is 0 Å². The van der Waals surface area contributed by atoms with Crippen LogP contribution in [0.1, 0.15) is 26.2 Å². The van der Waals surface area contributed by atoms with Crippen LogP contribution < -0.4 is 5.11 Å². The third kappa shape index (κ3) is 14.8. The lowest BCUT2D eigenvalue weighted by molar-refractivity contribution is -0.917. The third-order valence-corrected chi connectivity index (χ3v) is 3.86. The molecule has 144 valence electrons. The van der Waals surface area contributed by atoms with Gasteiger partial charge in [-0.2, -0.15) is 0 Å². The molecule has 0 N–H and O–H groups in total. The lowest BCUT2D eigenvalue weighted by atomic mass is 10.2. The van der Waals surface area contributed by atoms with Crippen molar-refractivity contribution >= 4 is 5.97 Å². The summed E-state index contributed by atoms with van der Waals surface area (Å²) in [5.74, 6) is -1.10. The predicted octanol–water partition coefficient (Wildman–Crippen LogP) is 0.0693. The number of rotatable bonds is 12. The zero-order chi connectivity index (χ0) is 18.1. The van der Waals surface area contributed by atoms with Gasteiger partial charge in [-0.05, 0) is 6.42 Å². The number of carbonyl (C=O) groups is 1. The fourth-order valence-electron chi connectivity index (χ4n) is 2.17. The van der Waals surface area contributed by atoms with E-state index in [4.69, 9.17) is 18.9 Å². The molecule has 24 heavy (non-hydrogen) atoms. The number of ether oxygens (including phenoxy) is 4. The van der Waals surface area contributed by atoms with E-state index in [1.807, 2.05) is 0 Å². The fourth-order valence-corrected chi connectivity index (χ4v) is 2.17. The largest absolute Gasteiger partial charge is 0.550 e. The van der Waals surface area contributed by atoms with Gasteiger partial charge in [0.2, 0.25) is 0 Å². The molecule has 1 aliphatic heterocycles. The number of hydrogen-bond donors (Lipinski definition) is 0. The van der Waals surface area contributed by atoms with Crippen molar-refractivity contribution in [2.45, 2.75) is 26.2 Å². The van der Waals surface area contributed by atoms with Crippen molar-refractivity contribution in [1.29, 1.82) is 0 Å². The van der Waals surface area contributed by atoms with Crippen molar-refractivity contribution in [1.82, 2.24) is 0 Å². The Morgan fingerprint density at radius 3 is 2.21 bits per heavy atom. The van der Waals surface area contributed by atoms with Gasteiger partial charge in [0.1, 0.15) is 13.1 Å². The smallest absolute Gasteiger partial charge is 0.102 e. The molecule has 0 aromatic heterocycles. The third-order valence-electron chi connectivity index (χ3n) is 3.86. The molecule has 7 heteroatoms. The molecular formula is C17H35NO6. The summed E-state index contributed by atoms with van der Waals surface area (Å²) in [6, 6.07) is 0. The molecule has 0 bridgehead atoms. The van der Waals surface area contributed by atoms with Crippen molar-refractivity contribution in [2.75, 3.05) is 80.0 Å². The Balaban J connectivity index is 0.000000446. The molecule has 7 nitrogen and oxygen atoms in total. The van der Waals surface area contributed by atoms with E-state index < -0.39 is 5.97 Å². The summed E-state index contributed by atoms with van der Waals surface area (Å²) in [6.45, 7) is 10.0. The zero-order valence-electron chi connectivity index (χ0n) is 15.6. The second kappa shape index (κ2) is 15.8. The molecule has 0 aromatic carbocycles. The lowest BCUT2D eigenvalue weighted by Gasteiger charge is -2.37. The average molecular weight is 349 g/mol. The number of nitrogens with zero attached hydrogens (tertiary/aromatic N) is 1. The first-order valence-corrected chi connectivity index (χ1v) is 8.79. The number of aliphatic carboxylic acids is 1. The number of carbonyl (C=O) groups excluding carboxylic acids is 1. The first-order valence-electron chi connectivity index (χ1n) is 8.79. The molecule has 0 amide bonds. The monoisotopic (exact) mass is 349 g/mol. The first-order chi connectivity index (χ1) is 11.5. The number of quaternary nitrogens is 1. The van der Waals surface area contributed by atoms with Gasteiger partial charge in [0.25, 0.3) is 0 Å². The maximum Gasteiger partial charge on any atom is 0.102 e. The first kappa shape index (κ1) is 23.3. The molecule has 0 spiro atoms. The van der Waals surface area contributed by atoms with Gasteiger partial charge in [0.05, 0.1) is 59.8 Å². The number of unbranched alkanes of at least 4 members (excludes halogenated alkanes) is 1. The van der Waals surface area contributed by atoms with Gasteiger partial charge in [-0.3, -0.25) is 0 Å². The Bertz CT molecular complexity index is 295. The van der Waals surface area contributed by atoms with Crippen LogP contribution in [0, 0.1) is 0 Å². The minimum Gasteiger partial charge on any atom is -0.550 e. The van der Waals surface area contributed by atoms with Crippen LogP contribution in [-0.4, -0.2) is 90.5 Å². The summed E-state index contributed by atoms with van der Waals surface area (Å²) >= 11 is 0. The van der Waals surface area contributed by atoms with E-state index in [1.165, 1.54) is 37.0 Å². The Labute approximate surface area is 146 Å². The number of hydrogen-bond acceptors (Lipinski definition) is 6. The van der Waals surface area contributed by atoms with Gasteiger partial charge in [-0.1, -0.05) is 13.3 Å². The SMILES string of the molecule is CCCC[N+]1(C)CCOCC1.COCCOCCOCCC(=O)[O-]. The van der Waals surface area contributed by atoms with E-state index in [-0.39, 0.29) is 13.0 Å². The summed E-state index contributed by atoms with van der Waals surface area (Å²) < 4.78 is 21.3. The zero-order valence-corrected chi connectivity index (χ0v) is 15.6. The molecule has 1 saturated heterocycles. The highest BCUT2D eigenvalue weighted by Crippen LogP contribution is 2.09. The Morgan fingerprint density at radius 2 is 1.67 bits per heavy atom. The van der Waals surface area contributed by atoms with Crippen LogP contribution in [0.2, 0.25) is 0 Å². The van der Waals surface area contributed by atoms with E-state index in [9.17, 15) is 9.90 Å². The molecule has 1 fully saturated rings. The minimum absolute atomic E-state index is 0.0714. The van der Waals surface area contributed by atoms with E-state index in [0.29, 0.717) is 26.4 Å². The quantitative estimate of drug-likeness (QED) is 0.367. The average Bonchev–Trinajstić information content (AvgIpc) is 2.56.